The number of nitrogens with zero attached hydrogens (tertiary/aromatic N) is 1. The Morgan fingerprint density at radius 1 is 1.37 bits per heavy atom. The molecule has 1 fully saturated rings. The number of benzene rings is 1. The van der Waals surface area contributed by atoms with Gasteiger partial charge in [-0.3, -0.25) is 4.79 Å². The van der Waals surface area contributed by atoms with E-state index in [0.29, 0.717) is 0 Å². The maximum Gasteiger partial charge on any atom is 0.225 e. The van der Waals surface area contributed by atoms with E-state index in [2.05, 4.69) is 46.7 Å². The Labute approximate surface area is 115 Å². The van der Waals surface area contributed by atoms with Crippen LogP contribution in [0.2, 0.25) is 0 Å². The monoisotopic (exact) mass is 261 g/mol. The fraction of sp³-hybridized carbons (Fsp3) is 0.533. The van der Waals surface area contributed by atoms with Gasteiger partial charge in [0.15, 0.2) is 0 Å². The van der Waals surface area contributed by atoms with E-state index in [0.717, 1.165) is 39.1 Å². The Balaban J connectivity index is 1.67. The first kappa shape index (κ1) is 13.9. The van der Waals surface area contributed by atoms with Crippen LogP contribution in [0, 0.1) is 5.92 Å². The van der Waals surface area contributed by atoms with Crippen molar-refractivity contribution in [2.24, 2.45) is 5.92 Å². The van der Waals surface area contributed by atoms with Gasteiger partial charge >= 0.3 is 0 Å². The van der Waals surface area contributed by atoms with Crippen molar-refractivity contribution in [3.8, 4) is 0 Å². The van der Waals surface area contributed by atoms with Gasteiger partial charge in [-0.1, -0.05) is 18.2 Å². The maximum absolute atomic E-state index is 11.6. The summed E-state index contributed by atoms with van der Waals surface area (Å²) in [6.07, 6.45) is 0.981. The van der Waals surface area contributed by atoms with E-state index in [4.69, 9.17) is 0 Å². The lowest BCUT2D eigenvalue weighted by Gasteiger charge is -2.26. The number of rotatable bonds is 7. The fourth-order valence-electron chi connectivity index (χ4n) is 2.21. The van der Waals surface area contributed by atoms with Gasteiger partial charge in [0.05, 0.1) is 5.92 Å². The number of carbonyl (C=O) groups excluding carboxylic acids is 1. The molecule has 2 rings (SSSR count). The number of hydrogen-bond acceptors (Lipinski definition) is 3. The molecule has 1 aromatic carbocycles. The summed E-state index contributed by atoms with van der Waals surface area (Å²) in [4.78, 5) is 14.0. The number of anilines is 1. The molecule has 1 amide bonds. The van der Waals surface area contributed by atoms with Gasteiger partial charge in [0.1, 0.15) is 0 Å². The lowest BCUT2D eigenvalue weighted by Crippen LogP contribution is -2.51. The molecule has 1 aliphatic rings. The Kier molecular flexibility index (Phi) is 5.21. The molecule has 0 radical (unpaired) electrons. The van der Waals surface area contributed by atoms with E-state index in [1.54, 1.807) is 0 Å². The molecule has 4 heteroatoms. The van der Waals surface area contributed by atoms with Crippen LogP contribution in [0.1, 0.15) is 13.3 Å². The van der Waals surface area contributed by atoms with Crippen LogP contribution < -0.4 is 15.5 Å². The third-order valence-corrected chi connectivity index (χ3v) is 3.56. The fourth-order valence-corrected chi connectivity index (χ4v) is 2.21. The van der Waals surface area contributed by atoms with E-state index in [-0.39, 0.29) is 11.8 Å². The smallest absolute Gasteiger partial charge is 0.225 e. The lowest BCUT2D eigenvalue weighted by atomic mass is 10.0. The van der Waals surface area contributed by atoms with Crippen molar-refractivity contribution in [3.05, 3.63) is 30.3 Å². The van der Waals surface area contributed by atoms with Gasteiger partial charge in [0.25, 0.3) is 0 Å². The summed E-state index contributed by atoms with van der Waals surface area (Å²) in [6, 6.07) is 10.4. The minimum Gasteiger partial charge on any atom is -0.372 e. The number of amides is 1. The molecular weight excluding hydrogens is 238 g/mol. The van der Waals surface area contributed by atoms with Crippen molar-refractivity contribution in [3.63, 3.8) is 0 Å². The molecule has 0 saturated carbocycles. The molecule has 1 heterocycles. The molecule has 0 atom stereocenters. The first-order valence-corrected chi connectivity index (χ1v) is 7.09. The van der Waals surface area contributed by atoms with Crippen LogP contribution in [-0.4, -0.2) is 38.6 Å². The van der Waals surface area contributed by atoms with Crippen LogP contribution in [0.3, 0.4) is 0 Å². The van der Waals surface area contributed by atoms with Gasteiger partial charge in [-0.25, -0.2) is 0 Å². The highest BCUT2D eigenvalue weighted by molar-refractivity contribution is 5.79. The zero-order chi connectivity index (χ0) is 13.5. The second-order valence-corrected chi connectivity index (χ2v) is 4.91. The van der Waals surface area contributed by atoms with Crippen molar-refractivity contribution >= 4 is 11.6 Å². The van der Waals surface area contributed by atoms with Crippen LogP contribution in [0.5, 0.6) is 0 Å². The summed E-state index contributed by atoms with van der Waals surface area (Å²) in [5, 5.41) is 6.12. The molecule has 19 heavy (non-hydrogen) atoms. The minimum atomic E-state index is 0.191. The van der Waals surface area contributed by atoms with E-state index in [9.17, 15) is 4.79 Å². The Hall–Kier alpha value is -1.55. The average molecular weight is 261 g/mol. The average Bonchev–Trinajstić information content (AvgIpc) is 2.38. The van der Waals surface area contributed by atoms with Gasteiger partial charge in [-0.05, 0) is 25.5 Å². The van der Waals surface area contributed by atoms with Crippen molar-refractivity contribution in [1.29, 1.82) is 0 Å². The summed E-state index contributed by atoms with van der Waals surface area (Å²) >= 11 is 0. The zero-order valence-electron chi connectivity index (χ0n) is 11.6. The third-order valence-electron chi connectivity index (χ3n) is 3.56. The van der Waals surface area contributed by atoms with Crippen molar-refractivity contribution in [2.45, 2.75) is 13.3 Å². The predicted molar refractivity (Wildman–Crippen MR) is 78.3 cm³/mol. The largest absolute Gasteiger partial charge is 0.372 e. The van der Waals surface area contributed by atoms with Crippen LogP contribution in [0.25, 0.3) is 0 Å². The van der Waals surface area contributed by atoms with Gasteiger partial charge in [-0.15, -0.1) is 0 Å². The first-order valence-electron chi connectivity index (χ1n) is 7.09. The minimum absolute atomic E-state index is 0.191. The Bertz CT molecular complexity index is 390. The van der Waals surface area contributed by atoms with Crippen molar-refractivity contribution in [1.82, 2.24) is 10.6 Å². The van der Waals surface area contributed by atoms with Crippen LogP contribution in [0.4, 0.5) is 5.69 Å². The molecule has 104 valence electrons. The van der Waals surface area contributed by atoms with Gasteiger partial charge in [-0.2, -0.15) is 0 Å². The number of hydrogen-bond donors (Lipinski definition) is 2. The van der Waals surface area contributed by atoms with Crippen LogP contribution in [-0.2, 0) is 4.79 Å². The first-order chi connectivity index (χ1) is 9.31. The molecule has 1 aliphatic heterocycles. The van der Waals surface area contributed by atoms with Crippen molar-refractivity contribution in [2.75, 3.05) is 37.6 Å². The second kappa shape index (κ2) is 7.14. The highest BCUT2D eigenvalue weighted by atomic mass is 16.2. The quantitative estimate of drug-likeness (QED) is 0.726. The SMILES string of the molecule is CCN(CCCNC(=O)C1CNC1)c1ccccc1. The summed E-state index contributed by atoms with van der Waals surface area (Å²) in [7, 11) is 0. The van der Waals surface area contributed by atoms with E-state index in [1.165, 1.54) is 5.69 Å². The molecule has 0 bridgehead atoms. The standard InChI is InChI=1S/C15H23N3O/c1-2-18(14-7-4-3-5-8-14)10-6-9-17-15(19)13-11-16-12-13/h3-5,7-8,13,16H,2,6,9-12H2,1H3,(H,17,19). The van der Waals surface area contributed by atoms with Crippen LogP contribution >= 0.6 is 0 Å². The molecule has 0 aromatic heterocycles. The topological polar surface area (TPSA) is 44.4 Å². The van der Waals surface area contributed by atoms with Gasteiger partial charge in [0, 0.05) is 38.4 Å². The molecule has 0 unspecified atom stereocenters. The van der Waals surface area contributed by atoms with E-state index in [1.807, 2.05) is 6.07 Å². The van der Waals surface area contributed by atoms with Crippen LogP contribution in [0.15, 0.2) is 30.3 Å². The molecule has 1 aromatic rings. The van der Waals surface area contributed by atoms with Crippen molar-refractivity contribution < 1.29 is 4.79 Å². The number of nitrogens with one attached hydrogen (secondary N) is 2. The molecule has 0 spiro atoms. The summed E-state index contributed by atoms with van der Waals surface area (Å²) in [6.45, 7) is 6.55. The van der Waals surface area contributed by atoms with Gasteiger partial charge < -0.3 is 15.5 Å². The number of carbonyl (C=O) groups is 1. The summed E-state index contributed by atoms with van der Waals surface area (Å²) in [5.74, 6) is 0.387. The summed E-state index contributed by atoms with van der Waals surface area (Å²) in [5.41, 5.74) is 1.25. The molecule has 0 aliphatic carbocycles. The predicted octanol–water partition coefficient (Wildman–Crippen LogP) is 1.24. The maximum atomic E-state index is 11.6. The third kappa shape index (κ3) is 3.96. The molecular formula is C15H23N3O. The molecule has 1 saturated heterocycles. The zero-order valence-corrected chi connectivity index (χ0v) is 11.6. The highest BCUT2D eigenvalue weighted by Crippen LogP contribution is 2.12. The van der Waals surface area contributed by atoms with E-state index < -0.39 is 0 Å². The van der Waals surface area contributed by atoms with Gasteiger partial charge in [0.2, 0.25) is 5.91 Å². The normalized spacial score (nSPS) is 14.8. The van der Waals surface area contributed by atoms with E-state index >= 15 is 0 Å². The summed E-state index contributed by atoms with van der Waals surface area (Å²) < 4.78 is 0. The second-order valence-electron chi connectivity index (χ2n) is 4.91. The molecule has 4 nitrogen and oxygen atoms in total. The lowest BCUT2D eigenvalue weighted by molar-refractivity contribution is -0.126. The highest BCUT2D eigenvalue weighted by Gasteiger charge is 2.24. The Morgan fingerprint density at radius 2 is 2.11 bits per heavy atom. The number of para-hydroxylation sites is 1. The molecule has 2 N–H and O–H groups in total. The Morgan fingerprint density at radius 3 is 2.68 bits per heavy atom.